The lowest BCUT2D eigenvalue weighted by Gasteiger charge is -2.06. The van der Waals surface area contributed by atoms with E-state index in [0.717, 1.165) is 10.3 Å². The summed E-state index contributed by atoms with van der Waals surface area (Å²) in [5.74, 6) is 0.283. The molecule has 1 amide bonds. The molecule has 0 atom stereocenters. The molecule has 0 aliphatic rings. The summed E-state index contributed by atoms with van der Waals surface area (Å²) in [6.07, 6.45) is 1.70. The Hall–Kier alpha value is -2.47. The number of rotatable bonds is 3. The first kappa shape index (κ1) is 12.6. The topological polar surface area (TPSA) is 64.1 Å². The average Bonchev–Trinajstić information content (AvgIpc) is 2.89. The Kier molecular flexibility index (Phi) is 3.30. The van der Waals surface area contributed by atoms with Crippen LogP contribution in [0.15, 0.2) is 42.6 Å². The van der Waals surface area contributed by atoms with Gasteiger partial charge in [0.25, 0.3) is 5.91 Å². The van der Waals surface area contributed by atoms with Crippen molar-refractivity contribution < 1.29 is 9.53 Å². The number of fused-ring (bicyclic) bond motifs is 1. The Morgan fingerprint density at radius 3 is 2.90 bits per heavy atom. The van der Waals surface area contributed by atoms with Gasteiger partial charge >= 0.3 is 0 Å². The van der Waals surface area contributed by atoms with Gasteiger partial charge in [-0.05, 0) is 24.3 Å². The molecular formula is C14H11N3O2S. The van der Waals surface area contributed by atoms with Crippen LogP contribution < -0.4 is 10.1 Å². The summed E-state index contributed by atoms with van der Waals surface area (Å²) in [5, 5.41) is 3.29. The van der Waals surface area contributed by atoms with Gasteiger partial charge in [0.05, 0.1) is 12.7 Å². The number of methoxy groups -OCH3 is 1. The highest BCUT2D eigenvalue weighted by Gasteiger charge is 2.13. The maximum absolute atomic E-state index is 12.2. The predicted molar refractivity (Wildman–Crippen MR) is 78.4 cm³/mol. The molecule has 0 unspecified atom stereocenters. The van der Waals surface area contributed by atoms with Gasteiger partial charge in [0.1, 0.15) is 16.1 Å². The van der Waals surface area contributed by atoms with E-state index in [-0.39, 0.29) is 5.91 Å². The van der Waals surface area contributed by atoms with Crippen LogP contribution >= 0.6 is 11.3 Å². The third kappa shape index (κ3) is 2.33. The van der Waals surface area contributed by atoms with E-state index in [1.165, 1.54) is 18.4 Å². The minimum Gasteiger partial charge on any atom is -0.496 e. The fraction of sp³-hybridized carbons (Fsp3) is 0.0714. The van der Waals surface area contributed by atoms with Crippen LogP contribution in [-0.4, -0.2) is 23.0 Å². The number of nitrogens with zero attached hydrogens (tertiary/aromatic N) is 2. The second kappa shape index (κ2) is 5.26. The van der Waals surface area contributed by atoms with Crippen LogP contribution in [0.3, 0.4) is 0 Å². The van der Waals surface area contributed by atoms with Gasteiger partial charge in [0.2, 0.25) is 0 Å². The SMILES string of the molecule is COc1ccccc1C(=O)Nc1nc2cccnc2s1. The molecule has 0 saturated carbocycles. The van der Waals surface area contributed by atoms with Crippen molar-refractivity contribution in [3.8, 4) is 5.75 Å². The van der Waals surface area contributed by atoms with E-state index in [9.17, 15) is 4.79 Å². The van der Waals surface area contributed by atoms with Gasteiger partial charge in [0, 0.05) is 6.20 Å². The van der Waals surface area contributed by atoms with Gasteiger partial charge in [-0.15, -0.1) is 0 Å². The number of hydrogen-bond donors (Lipinski definition) is 1. The summed E-state index contributed by atoms with van der Waals surface area (Å²) < 4.78 is 5.17. The highest BCUT2D eigenvalue weighted by atomic mass is 32.1. The number of hydrogen-bond acceptors (Lipinski definition) is 5. The van der Waals surface area contributed by atoms with E-state index in [4.69, 9.17) is 4.74 Å². The van der Waals surface area contributed by atoms with E-state index in [2.05, 4.69) is 15.3 Å². The van der Waals surface area contributed by atoms with Gasteiger partial charge in [-0.3, -0.25) is 10.1 Å². The highest BCUT2D eigenvalue weighted by Crippen LogP contribution is 2.25. The third-order valence-electron chi connectivity index (χ3n) is 2.74. The molecule has 0 aliphatic carbocycles. The largest absolute Gasteiger partial charge is 0.496 e. The van der Waals surface area contributed by atoms with Crippen LogP contribution in [-0.2, 0) is 0 Å². The summed E-state index contributed by atoms with van der Waals surface area (Å²) in [6.45, 7) is 0. The van der Waals surface area contributed by atoms with Gasteiger partial charge in [0.15, 0.2) is 5.13 Å². The summed E-state index contributed by atoms with van der Waals surface area (Å²) in [6, 6.07) is 10.7. The molecule has 1 aromatic carbocycles. The number of nitrogens with one attached hydrogen (secondary N) is 1. The van der Waals surface area contributed by atoms with E-state index in [1.54, 1.807) is 24.4 Å². The third-order valence-corrected chi connectivity index (χ3v) is 3.63. The number of thiazole rings is 1. The van der Waals surface area contributed by atoms with Crippen molar-refractivity contribution in [2.45, 2.75) is 0 Å². The lowest BCUT2D eigenvalue weighted by atomic mass is 10.2. The quantitative estimate of drug-likeness (QED) is 0.803. The molecule has 0 aliphatic heterocycles. The molecule has 5 nitrogen and oxygen atoms in total. The summed E-state index contributed by atoms with van der Waals surface area (Å²) in [4.78, 5) is 21.5. The molecule has 0 radical (unpaired) electrons. The van der Waals surface area contributed by atoms with Crippen molar-refractivity contribution in [2.24, 2.45) is 0 Å². The molecule has 20 heavy (non-hydrogen) atoms. The zero-order valence-electron chi connectivity index (χ0n) is 10.7. The van der Waals surface area contributed by atoms with Crippen molar-refractivity contribution in [2.75, 3.05) is 12.4 Å². The second-order valence-corrected chi connectivity index (χ2v) is 4.98. The number of para-hydroxylation sites is 1. The van der Waals surface area contributed by atoms with E-state index < -0.39 is 0 Å². The molecule has 3 aromatic rings. The van der Waals surface area contributed by atoms with Crippen LogP contribution in [0.25, 0.3) is 10.3 Å². The second-order valence-electron chi connectivity index (χ2n) is 4.00. The molecule has 0 bridgehead atoms. The molecule has 3 rings (SSSR count). The van der Waals surface area contributed by atoms with Crippen LogP contribution in [0.1, 0.15) is 10.4 Å². The highest BCUT2D eigenvalue weighted by molar-refractivity contribution is 7.21. The molecule has 0 fully saturated rings. The van der Waals surface area contributed by atoms with Crippen molar-refractivity contribution in [3.63, 3.8) is 0 Å². The van der Waals surface area contributed by atoms with Crippen LogP contribution in [0.5, 0.6) is 5.75 Å². The number of benzene rings is 1. The zero-order chi connectivity index (χ0) is 13.9. The maximum Gasteiger partial charge on any atom is 0.261 e. The molecule has 1 N–H and O–H groups in total. The van der Waals surface area contributed by atoms with Gasteiger partial charge in [-0.25, -0.2) is 9.97 Å². The summed E-state index contributed by atoms with van der Waals surface area (Å²) in [7, 11) is 1.54. The van der Waals surface area contributed by atoms with E-state index in [0.29, 0.717) is 16.4 Å². The Morgan fingerprint density at radius 2 is 2.10 bits per heavy atom. The fourth-order valence-electron chi connectivity index (χ4n) is 1.82. The first-order valence-corrected chi connectivity index (χ1v) is 6.75. The van der Waals surface area contributed by atoms with Crippen molar-refractivity contribution in [1.82, 2.24) is 9.97 Å². The molecule has 2 aromatic heterocycles. The molecule has 0 saturated heterocycles. The summed E-state index contributed by atoms with van der Waals surface area (Å²) >= 11 is 1.34. The first-order valence-electron chi connectivity index (χ1n) is 5.94. The molecule has 100 valence electrons. The number of ether oxygens (including phenoxy) is 1. The lowest BCUT2D eigenvalue weighted by molar-refractivity contribution is 0.102. The van der Waals surface area contributed by atoms with E-state index in [1.807, 2.05) is 18.2 Å². The minimum atomic E-state index is -0.249. The Morgan fingerprint density at radius 1 is 1.25 bits per heavy atom. The molecule has 6 heteroatoms. The van der Waals surface area contributed by atoms with Gasteiger partial charge in [-0.1, -0.05) is 23.5 Å². The molecule has 2 heterocycles. The summed E-state index contributed by atoms with van der Waals surface area (Å²) in [5.41, 5.74) is 1.25. The Balaban J connectivity index is 1.88. The predicted octanol–water partition coefficient (Wildman–Crippen LogP) is 2.95. The minimum absolute atomic E-state index is 0.249. The van der Waals surface area contributed by atoms with Crippen LogP contribution in [0, 0.1) is 0 Å². The number of carbonyl (C=O) groups excluding carboxylic acids is 1. The Bertz CT molecular complexity index is 737. The fourth-order valence-corrected chi connectivity index (χ4v) is 2.62. The number of amides is 1. The smallest absolute Gasteiger partial charge is 0.261 e. The van der Waals surface area contributed by atoms with Crippen molar-refractivity contribution in [3.05, 3.63) is 48.2 Å². The zero-order valence-corrected chi connectivity index (χ0v) is 11.5. The molecular weight excluding hydrogens is 274 g/mol. The number of carbonyl (C=O) groups is 1. The van der Waals surface area contributed by atoms with Crippen LogP contribution in [0.4, 0.5) is 5.13 Å². The van der Waals surface area contributed by atoms with Crippen molar-refractivity contribution >= 4 is 32.7 Å². The monoisotopic (exact) mass is 285 g/mol. The number of aromatic nitrogens is 2. The van der Waals surface area contributed by atoms with Crippen LogP contribution in [0.2, 0.25) is 0 Å². The number of pyridine rings is 1. The normalized spacial score (nSPS) is 10.4. The van der Waals surface area contributed by atoms with E-state index >= 15 is 0 Å². The van der Waals surface area contributed by atoms with Gasteiger partial charge in [-0.2, -0.15) is 0 Å². The van der Waals surface area contributed by atoms with Crippen molar-refractivity contribution in [1.29, 1.82) is 0 Å². The standard InChI is InChI=1S/C14H11N3O2S/c1-19-11-7-3-2-5-9(11)12(18)17-14-16-10-6-4-8-15-13(10)20-14/h2-8H,1H3,(H,16,17,18). The number of anilines is 1. The Labute approximate surface area is 119 Å². The van der Waals surface area contributed by atoms with Gasteiger partial charge < -0.3 is 4.74 Å². The first-order chi connectivity index (χ1) is 9.78. The lowest BCUT2D eigenvalue weighted by Crippen LogP contribution is -2.12. The average molecular weight is 285 g/mol. The maximum atomic E-state index is 12.2. The molecule has 0 spiro atoms.